The molecule has 0 aliphatic carbocycles. The lowest BCUT2D eigenvalue weighted by molar-refractivity contribution is 0.590. The molecule has 1 rings (SSSR count). The lowest BCUT2D eigenvalue weighted by atomic mass is 10.4. The highest BCUT2D eigenvalue weighted by molar-refractivity contribution is 8.14. The first kappa shape index (κ1) is 17.3. The van der Waals surface area contributed by atoms with E-state index in [0.717, 1.165) is 0 Å². The van der Waals surface area contributed by atoms with Gasteiger partial charge in [0, 0.05) is 13.1 Å². The Bertz CT molecular complexity index is 502. The molecule has 8 heteroatoms. The van der Waals surface area contributed by atoms with Crippen LogP contribution in [-0.4, -0.2) is 41.4 Å². The van der Waals surface area contributed by atoms with Gasteiger partial charge in [-0.1, -0.05) is 26.7 Å². The van der Waals surface area contributed by atoms with E-state index in [-0.39, 0.29) is 17.3 Å². The maximum Gasteiger partial charge on any atom is 0.198 e. The van der Waals surface area contributed by atoms with Crippen LogP contribution in [0, 0.1) is 0 Å². The minimum Gasteiger partial charge on any atom is -0.368 e. The summed E-state index contributed by atoms with van der Waals surface area (Å²) in [5.74, 6) is -0.106. The van der Waals surface area contributed by atoms with Crippen LogP contribution in [0.3, 0.4) is 0 Å². The Morgan fingerprint density at radius 1 is 0.900 bits per heavy atom. The minimum absolute atomic E-state index is 0.128. The average Bonchev–Trinajstić information content (AvgIpc) is 2.87. The lowest BCUT2D eigenvalue weighted by Crippen LogP contribution is -2.27. The number of nitrogens with one attached hydrogen (secondary N) is 2. The molecule has 0 spiro atoms. The minimum atomic E-state index is -3.79. The topological polar surface area (TPSA) is 92.3 Å². The van der Waals surface area contributed by atoms with E-state index >= 15 is 0 Å². The van der Waals surface area contributed by atoms with Crippen LogP contribution < -0.4 is 10.6 Å². The molecule has 0 bridgehead atoms. The molecule has 0 amide bonds. The van der Waals surface area contributed by atoms with Crippen LogP contribution in [0.2, 0.25) is 0 Å². The number of hydrogen-bond acceptors (Lipinski definition) is 6. The van der Waals surface area contributed by atoms with Crippen molar-refractivity contribution in [2.24, 2.45) is 0 Å². The molecule has 1 aliphatic heterocycles. The third-order valence-corrected chi connectivity index (χ3v) is 7.74. The van der Waals surface area contributed by atoms with Crippen LogP contribution in [0.5, 0.6) is 0 Å². The zero-order valence-corrected chi connectivity index (χ0v) is 13.7. The molecular weight excluding hydrogens is 300 g/mol. The van der Waals surface area contributed by atoms with Gasteiger partial charge in [-0.25, -0.2) is 16.8 Å². The number of unbranched alkanes of at least 4 members (excludes halogenated alkanes) is 2. The summed E-state index contributed by atoms with van der Waals surface area (Å²) in [5, 5.41) is 5.66. The van der Waals surface area contributed by atoms with Gasteiger partial charge in [-0.15, -0.1) is 0 Å². The Kier molecular flexibility index (Phi) is 6.32. The molecule has 118 valence electrons. The smallest absolute Gasteiger partial charge is 0.198 e. The van der Waals surface area contributed by atoms with Crippen molar-refractivity contribution in [3.05, 3.63) is 10.1 Å². The van der Waals surface area contributed by atoms with Crippen molar-refractivity contribution in [3.63, 3.8) is 0 Å². The Morgan fingerprint density at radius 2 is 1.30 bits per heavy atom. The molecule has 0 atom stereocenters. The van der Waals surface area contributed by atoms with Crippen LogP contribution in [0.15, 0.2) is 10.1 Å². The summed E-state index contributed by atoms with van der Waals surface area (Å²) in [5.41, 5.74) is 0. The predicted molar refractivity (Wildman–Crippen MR) is 80.4 cm³/mol. The summed E-state index contributed by atoms with van der Waals surface area (Å²) in [6, 6.07) is 0. The summed E-state index contributed by atoms with van der Waals surface area (Å²) in [7, 11) is -7.58. The summed E-state index contributed by atoms with van der Waals surface area (Å²) >= 11 is 0. The van der Waals surface area contributed by atoms with E-state index < -0.39 is 23.9 Å². The molecular formula is C12H24N2O4S2. The molecule has 1 fully saturated rings. The van der Waals surface area contributed by atoms with Gasteiger partial charge in [-0.05, 0) is 12.8 Å². The number of hydrogen-bond donors (Lipinski definition) is 2. The molecule has 0 radical (unpaired) electrons. The third kappa shape index (κ3) is 4.37. The van der Waals surface area contributed by atoms with Gasteiger partial charge in [-0.3, -0.25) is 0 Å². The van der Waals surface area contributed by atoms with E-state index in [9.17, 15) is 16.8 Å². The zero-order valence-electron chi connectivity index (χ0n) is 12.1. The van der Waals surface area contributed by atoms with E-state index in [1.807, 2.05) is 13.8 Å². The largest absolute Gasteiger partial charge is 0.368 e. The first-order valence-electron chi connectivity index (χ1n) is 7.02. The summed E-state index contributed by atoms with van der Waals surface area (Å²) < 4.78 is 49.0. The highest BCUT2D eigenvalue weighted by atomic mass is 32.3. The van der Waals surface area contributed by atoms with E-state index in [2.05, 4.69) is 10.6 Å². The standard InChI is InChI=1S/C12H24N2O4S2/c1-3-5-9-19(15,16)12(11-13-7-8-14-11)20(17,18)10-6-4-2/h13-14H,3-10H2,1-2H3. The fourth-order valence-electron chi connectivity index (χ4n) is 1.94. The van der Waals surface area contributed by atoms with E-state index in [0.29, 0.717) is 38.8 Å². The Hall–Kier alpha value is -0.760. The summed E-state index contributed by atoms with van der Waals surface area (Å²) in [4.78, 5) is 0. The predicted octanol–water partition coefficient (Wildman–Crippen LogP) is 0.736. The first-order valence-corrected chi connectivity index (χ1v) is 10.3. The molecule has 2 N–H and O–H groups in total. The van der Waals surface area contributed by atoms with Crippen molar-refractivity contribution in [1.29, 1.82) is 0 Å². The van der Waals surface area contributed by atoms with Crippen LogP contribution in [0.25, 0.3) is 0 Å². The molecule has 1 aliphatic rings. The molecule has 0 aromatic heterocycles. The van der Waals surface area contributed by atoms with E-state index in [1.165, 1.54) is 0 Å². The van der Waals surface area contributed by atoms with Crippen molar-refractivity contribution < 1.29 is 16.8 Å². The van der Waals surface area contributed by atoms with Gasteiger partial charge in [0.2, 0.25) is 0 Å². The second-order valence-corrected chi connectivity index (χ2v) is 9.21. The monoisotopic (exact) mass is 324 g/mol. The van der Waals surface area contributed by atoms with Crippen LogP contribution in [0.4, 0.5) is 0 Å². The van der Waals surface area contributed by atoms with Crippen molar-refractivity contribution in [2.45, 2.75) is 39.5 Å². The average molecular weight is 324 g/mol. The first-order chi connectivity index (χ1) is 9.35. The number of sulfone groups is 2. The molecule has 20 heavy (non-hydrogen) atoms. The van der Waals surface area contributed by atoms with Crippen LogP contribution in [-0.2, 0) is 19.7 Å². The normalized spacial score (nSPS) is 15.8. The molecule has 6 nitrogen and oxygen atoms in total. The van der Waals surface area contributed by atoms with Crippen molar-refractivity contribution in [2.75, 3.05) is 24.6 Å². The maximum absolute atomic E-state index is 12.4. The fourth-order valence-corrected chi connectivity index (χ4v) is 6.61. The van der Waals surface area contributed by atoms with Gasteiger partial charge in [0.1, 0.15) is 5.82 Å². The van der Waals surface area contributed by atoms with Gasteiger partial charge in [0.05, 0.1) is 11.5 Å². The highest BCUT2D eigenvalue weighted by Gasteiger charge is 2.34. The van der Waals surface area contributed by atoms with E-state index in [1.54, 1.807) is 0 Å². The second kappa shape index (κ2) is 7.31. The Balaban J connectivity index is 3.20. The van der Waals surface area contributed by atoms with Gasteiger partial charge in [0.25, 0.3) is 0 Å². The van der Waals surface area contributed by atoms with Gasteiger partial charge < -0.3 is 10.6 Å². The van der Waals surface area contributed by atoms with Crippen molar-refractivity contribution >= 4 is 19.7 Å². The number of rotatable bonds is 8. The van der Waals surface area contributed by atoms with Gasteiger partial charge in [-0.2, -0.15) is 0 Å². The van der Waals surface area contributed by atoms with Crippen LogP contribution >= 0.6 is 0 Å². The quantitative estimate of drug-likeness (QED) is 0.684. The molecule has 1 saturated heterocycles. The van der Waals surface area contributed by atoms with Crippen molar-refractivity contribution in [3.8, 4) is 0 Å². The molecule has 1 heterocycles. The summed E-state index contributed by atoms with van der Waals surface area (Å²) in [6.45, 7) is 4.82. The molecule has 0 saturated carbocycles. The lowest BCUT2D eigenvalue weighted by Gasteiger charge is -2.13. The maximum atomic E-state index is 12.4. The van der Waals surface area contributed by atoms with Crippen LogP contribution in [0.1, 0.15) is 39.5 Å². The SMILES string of the molecule is CCCCS(=O)(=O)C(=C1NCCN1)S(=O)(=O)CCCC. The third-order valence-electron chi connectivity index (χ3n) is 3.03. The second-order valence-electron chi connectivity index (χ2n) is 4.86. The highest BCUT2D eigenvalue weighted by Crippen LogP contribution is 2.22. The molecule has 0 unspecified atom stereocenters. The Morgan fingerprint density at radius 3 is 1.65 bits per heavy atom. The fraction of sp³-hybridized carbons (Fsp3) is 0.833. The Labute approximate surface area is 121 Å². The molecule has 0 aromatic rings. The van der Waals surface area contributed by atoms with E-state index in [4.69, 9.17) is 0 Å². The molecule has 0 aromatic carbocycles. The summed E-state index contributed by atoms with van der Waals surface area (Å²) in [6.07, 6.45) is 2.33. The zero-order chi connectivity index (χ0) is 15.2. The van der Waals surface area contributed by atoms with Crippen molar-refractivity contribution in [1.82, 2.24) is 10.6 Å². The van der Waals surface area contributed by atoms with Gasteiger partial charge >= 0.3 is 0 Å². The van der Waals surface area contributed by atoms with Gasteiger partial charge in [0.15, 0.2) is 23.9 Å².